The average molecular weight is 340 g/mol. The number of hydrogen-bond acceptors (Lipinski definition) is 4. The number of amides is 1. The summed E-state index contributed by atoms with van der Waals surface area (Å²) >= 11 is 1.64. The molecule has 3 N–H and O–H groups in total. The lowest BCUT2D eigenvalue weighted by Crippen LogP contribution is -2.39. The van der Waals surface area contributed by atoms with Crippen LogP contribution in [0.4, 0.5) is 0 Å². The van der Waals surface area contributed by atoms with E-state index in [0.717, 1.165) is 36.2 Å². The van der Waals surface area contributed by atoms with Gasteiger partial charge in [-0.15, -0.1) is 11.3 Å². The SMILES string of the molecule is CCCNC(=O)CCNC(=NCc1nc(C(C)C)cs1)NCC. The Bertz CT molecular complexity index is 498. The van der Waals surface area contributed by atoms with Crippen LogP contribution < -0.4 is 16.0 Å². The first-order valence-electron chi connectivity index (χ1n) is 8.30. The maximum atomic E-state index is 11.6. The second-order valence-electron chi connectivity index (χ2n) is 5.54. The number of hydrogen-bond donors (Lipinski definition) is 3. The molecule has 0 saturated carbocycles. The van der Waals surface area contributed by atoms with Gasteiger partial charge in [-0.05, 0) is 19.3 Å². The van der Waals surface area contributed by atoms with Crippen LogP contribution in [0.25, 0.3) is 0 Å². The Hall–Kier alpha value is -1.63. The Morgan fingerprint density at radius 3 is 2.65 bits per heavy atom. The van der Waals surface area contributed by atoms with Crippen LogP contribution in [0.5, 0.6) is 0 Å². The molecule has 130 valence electrons. The van der Waals surface area contributed by atoms with E-state index in [-0.39, 0.29) is 5.91 Å². The molecule has 6 nitrogen and oxygen atoms in total. The number of aromatic nitrogens is 1. The first kappa shape index (κ1) is 19.4. The van der Waals surface area contributed by atoms with Gasteiger partial charge in [-0.3, -0.25) is 4.79 Å². The molecular weight excluding hydrogens is 310 g/mol. The Labute approximate surface area is 143 Å². The zero-order chi connectivity index (χ0) is 17.1. The molecule has 0 atom stereocenters. The van der Waals surface area contributed by atoms with Crippen molar-refractivity contribution in [3.05, 3.63) is 16.1 Å². The summed E-state index contributed by atoms with van der Waals surface area (Å²) in [7, 11) is 0. The molecule has 0 aliphatic rings. The second kappa shape index (κ2) is 11.0. The number of carbonyl (C=O) groups is 1. The highest BCUT2D eigenvalue weighted by Gasteiger charge is 2.06. The summed E-state index contributed by atoms with van der Waals surface area (Å²) in [6, 6.07) is 0. The fourth-order valence-corrected chi connectivity index (χ4v) is 2.68. The highest BCUT2D eigenvalue weighted by molar-refractivity contribution is 7.09. The molecule has 1 aromatic heterocycles. The maximum absolute atomic E-state index is 11.6. The van der Waals surface area contributed by atoms with Crippen LogP contribution in [0.2, 0.25) is 0 Å². The molecule has 0 radical (unpaired) electrons. The summed E-state index contributed by atoms with van der Waals surface area (Å²) in [6.45, 7) is 11.0. The van der Waals surface area contributed by atoms with Crippen LogP contribution in [0, 0.1) is 0 Å². The van der Waals surface area contributed by atoms with Gasteiger partial charge in [0.2, 0.25) is 5.91 Å². The Kier molecular flexibility index (Phi) is 9.28. The number of aliphatic imine (C=N–C) groups is 1. The second-order valence-corrected chi connectivity index (χ2v) is 6.49. The molecule has 7 heteroatoms. The van der Waals surface area contributed by atoms with Crippen LogP contribution in [0.15, 0.2) is 10.4 Å². The number of thiazole rings is 1. The molecule has 0 fully saturated rings. The van der Waals surface area contributed by atoms with Gasteiger partial charge >= 0.3 is 0 Å². The van der Waals surface area contributed by atoms with Crippen molar-refractivity contribution < 1.29 is 4.79 Å². The maximum Gasteiger partial charge on any atom is 0.221 e. The van der Waals surface area contributed by atoms with Gasteiger partial charge < -0.3 is 16.0 Å². The van der Waals surface area contributed by atoms with Crippen molar-refractivity contribution in [1.29, 1.82) is 0 Å². The lowest BCUT2D eigenvalue weighted by Gasteiger charge is -2.10. The minimum absolute atomic E-state index is 0.0664. The third kappa shape index (κ3) is 7.97. The monoisotopic (exact) mass is 339 g/mol. The minimum atomic E-state index is 0.0664. The molecule has 0 spiro atoms. The summed E-state index contributed by atoms with van der Waals surface area (Å²) in [6.07, 6.45) is 1.40. The molecule has 0 bridgehead atoms. The fraction of sp³-hybridized carbons (Fsp3) is 0.688. The Morgan fingerprint density at radius 2 is 2.04 bits per heavy atom. The standard InChI is InChI=1S/C16H29N5OS/c1-5-8-18-14(22)7-9-19-16(17-6-2)20-10-15-21-13(11-23-15)12(3)4/h11-12H,5-10H2,1-4H3,(H,18,22)(H2,17,19,20). The molecule has 1 heterocycles. The van der Waals surface area contributed by atoms with Crippen molar-refractivity contribution in [2.45, 2.75) is 53.0 Å². The van der Waals surface area contributed by atoms with Crippen molar-refractivity contribution in [2.24, 2.45) is 4.99 Å². The topological polar surface area (TPSA) is 78.4 Å². The first-order valence-corrected chi connectivity index (χ1v) is 9.17. The number of guanidine groups is 1. The molecular formula is C16H29N5OS. The van der Waals surface area contributed by atoms with Gasteiger partial charge in [-0.2, -0.15) is 0 Å². The third-order valence-corrected chi connectivity index (χ3v) is 3.95. The predicted molar refractivity (Wildman–Crippen MR) is 96.9 cm³/mol. The van der Waals surface area contributed by atoms with Gasteiger partial charge in [0.15, 0.2) is 5.96 Å². The average Bonchev–Trinajstić information content (AvgIpc) is 2.99. The summed E-state index contributed by atoms with van der Waals surface area (Å²) in [5, 5.41) is 12.3. The van der Waals surface area contributed by atoms with Gasteiger partial charge in [0.05, 0.1) is 12.2 Å². The van der Waals surface area contributed by atoms with E-state index in [9.17, 15) is 4.79 Å². The molecule has 0 aliphatic carbocycles. The van der Waals surface area contributed by atoms with Crippen molar-refractivity contribution >= 4 is 23.2 Å². The van der Waals surface area contributed by atoms with Crippen LogP contribution in [-0.2, 0) is 11.3 Å². The van der Waals surface area contributed by atoms with Gasteiger partial charge in [0, 0.05) is 31.4 Å². The summed E-state index contributed by atoms with van der Waals surface area (Å²) in [4.78, 5) is 20.7. The van der Waals surface area contributed by atoms with E-state index < -0.39 is 0 Å². The normalized spacial score (nSPS) is 11.6. The minimum Gasteiger partial charge on any atom is -0.357 e. The zero-order valence-electron chi connectivity index (χ0n) is 14.6. The zero-order valence-corrected chi connectivity index (χ0v) is 15.4. The van der Waals surface area contributed by atoms with E-state index in [4.69, 9.17) is 0 Å². The van der Waals surface area contributed by atoms with Crippen molar-refractivity contribution in [1.82, 2.24) is 20.9 Å². The molecule has 0 unspecified atom stereocenters. The number of carbonyl (C=O) groups excluding carboxylic acids is 1. The van der Waals surface area contributed by atoms with E-state index in [1.807, 2.05) is 13.8 Å². The van der Waals surface area contributed by atoms with E-state index in [2.05, 4.69) is 45.2 Å². The number of rotatable bonds is 9. The first-order chi connectivity index (χ1) is 11.1. The van der Waals surface area contributed by atoms with Gasteiger partial charge in [-0.25, -0.2) is 9.98 Å². The molecule has 0 aliphatic heterocycles. The van der Waals surface area contributed by atoms with Gasteiger partial charge in [0.25, 0.3) is 0 Å². The summed E-state index contributed by atoms with van der Waals surface area (Å²) in [5.74, 6) is 1.23. The highest BCUT2D eigenvalue weighted by Crippen LogP contribution is 2.18. The lowest BCUT2D eigenvalue weighted by molar-refractivity contribution is -0.120. The van der Waals surface area contributed by atoms with E-state index in [1.54, 1.807) is 11.3 Å². The number of nitrogens with one attached hydrogen (secondary N) is 3. The summed E-state index contributed by atoms with van der Waals surface area (Å²) in [5.41, 5.74) is 1.12. The van der Waals surface area contributed by atoms with Crippen LogP contribution >= 0.6 is 11.3 Å². The molecule has 1 amide bonds. The van der Waals surface area contributed by atoms with Crippen LogP contribution in [0.3, 0.4) is 0 Å². The lowest BCUT2D eigenvalue weighted by atomic mass is 10.2. The highest BCUT2D eigenvalue weighted by atomic mass is 32.1. The Balaban J connectivity index is 2.44. The molecule has 23 heavy (non-hydrogen) atoms. The fourth-order valence-electron chi connectivity index (χ4n) is 1.80. The molecule has 0 aromatic carbocycles. The molecule has 1 rings (SSSR count). The van der Waals surface area contributed by atoms with E-state index in [1.165, 1.54) is 0 Å². The van der Waals surface area contributed by atoms with Gasteiger partial charge in [-0.1, -0.05) is 20.8 Å². The van der Waals surface area contributed by atoms with Crippen molar-refractivity contribution in [3.63, 3.8) is 0 Å². The molecule has 0 saturated heterocycles. The third-order valence-electron chi connectivity index (χ3n) is 3.09. The van der Waals surface area contributed by atoms with Crippen molar-refractivity contribution in [2.75, 3.05) is 19.6 Å². The number of nitrogens with zero attached hydrogens (tertiary/aromatic N) is 2. The largest absolute Gasteiger partial charge is 0.357 e. The van der Waals surface area contributed by atoms with E-state index in [0.29, 0.717) is 25.4 Å². The quantitative estimate of drug-likeness (QED) is 0.476. The molecule has 1 aromatic rings. The van der Waals surface area contributed by atoms with Crippen LogP contribution in [-0.4, -0.2) is 36.5 Å². The Morgan fingerprint density at radius 1 is 1.26 bits per heavy atom. The van der Waals surface area contributed by atoms with Crippen LogP contribution in [0.1, 0.15) is 57.2 Å². The predicted octanol–water partition coefficient (Wildman–Crippen LogP) is 2.24. The van der Waals surface area contributed by atoms with E-state index >= 15 is 0 Å². The summed E-state index contributed by atoms with van der Waals surface area (Å²) < 4.78 is 0. The van der Waals surface area contributed by atoms with Crippen molar-refractivity contribution in [3.8, 4) is 0 Å². The van der Waals surface area contributed by atoms with Gasteiger partial charge in [0.1, 0.15) is 5.01 Å². The smallest absolute Gasteiger partial charge is 0.221 e.